The fourth-order valence-electron chi connectivity index (χ4n) is 6.60. The van der Waals surface area contributed by atoms with Crippen LogP contribution < -0.4 is 0 Å². The Balaban J connectivity index is 1.18. The number of aromatic nitrogens is 4. The molecule has 0 atom stereocenters. The van der Waals surface area contributed by atoms with Crippen molar-refractivity contribution in [3.8, 4) is 51.0 Å². The Kier molecular flexibility index (Phi) is 4.67. The summed E-state index contributed by atoms with van der Waals surface area (Å²) >= 11 is 0. The summed E-state index contributed by atoms with van der Waals surface area (Å²) in [5.41, 5.74) is 5.25. The van der Waals surface area contributed by atoms with E-state index in [2.05, 4.69) is 0 Å². The van der Waals surface area contributed by atoms with Gasteiger partial charge in [-0.1, -0.05) is 121 Å². The fourth-order valence-corrected chi connectivity index (χ4v) is 6.60. The first-order chi connectivity index (χ1) is 28.5. The van der Waals surface area contributed by atoms with Gasteiger partial charge in [-0.2, -0.15) is 0 Å². The number of para-hydroxylation sites is 2. The number of hydrogen-bond donors (Lipinski definition) is 0. The van der Waals surface area contributed by atoms with Gasteiger partial charge in [0.15, 0.2) is 17.5 Å². The van der Waals surface area contributed by atoms with Crippen molar-refractivity contribution in [3.63, 3.8) is 0 Å². The van der Waals surface area contributed by atoms with Gasteiger partial charge in [-0.15, -0.1) is 0 Å². The van der Waals surface area contributed by atoms with Gasteiger partial charge in [0.25, 0.3) is 0 Å². The molecule has 5 nitrogen and oxygen atoms in total. The quantitative estimate of drug-likeness (QED) is 0.186. The van der Waals surface area contributed by atoms with Crippen LogP contribution in [0.3, 0.4) is 0 Å². The van der Waals surface area contributed by atoms with Crippen molar-refractivity contribution in [1.82, 2.24) is 19.5 Å². The number of rotatable bonds is 5. The average molecular weight is 650 g/mol. The summed E-state index contributed by atoms with van der Waals surface area (Å²) in [6.45, 7) is 0. The van der Waals surface area contributed by atoms with Crippen LogP contribution >= 0.6 is 0 Å². The topological polar surface area (TPSA) is 56.7 Å². The molecule has 234 valence electrons. The molecular weight excluding hydrogens is 613 g/mol. The van der Waals surface area contributed by atoms with Crippen LogP contribution in [-0.2, 0) is 0 Å². The van der Waals surface area contributed by atoms with Gasteiger partial charge in [-0.3, -0.25) is 0 Å². The Labute approximate surface area is 300 Å². The monoisotopic (exact) mass is 649 g/mol. The van der Waals surface area contributed by atoms with Crippen LogP contribution in [0.1, 0.15) is 12.3 Å². The zero-order valence-corrected chi connectivity index (χ0v) is 26.2. The van der Waals surface area contributed by atoms with Crippen LogP contribution in [0.2, 0.25) is 0 Å². The molecule has 0 saturated heterocycles. The summed E-state index contributed by atoms with van der Waals surface area (Å²) in [5, 5.41) is 2.61. The van der Waals surface area contributed by atoms with E-state index in [-0.39, 0.29) is 41.3 Å². The SMILES string of the molecule is [2H]c1c([2H])c([2H])c(-c2ccc3c4c([2H])c([2H])c([2H])c([2H])c4n(-c4ccc(-c5nc(-c6ccccc6)nc(-c6cccc7oc8ccccc8c67)n5)cc4)c3c2)c([2H])c1[2H]. The Hall–Kier alpha value is -6.85. The van der Waals surface area contributed by atoms with E-state index in [1.807, 2.05) is 97.1 Å². The normalized spacial score (nSPS) is 14.1. The van der Waals surface area contributed by atoms with Crippen molar-refractivity contribution in [2.24, 2.45) is 0 Å². The van der Waals surface area contributed by atoms with Crippen molar-refractivity contribution < 1.29 is 16.8 Å². The van der Waals surface area contributed by atoms with Crippen LogP contribution in [0.25, 0.3) is 94.7 Å². The molecule has 50 heavy (non-hydrogen) atoms. The lowest BCUT2D eigenvalue weighted by molar-refractivity contribution is 0.669. The van der Waals surface area contributed by atoms with Crippen molar-refractivity contribution in [1.29, 1.82) is 0 Å². The molecule has 0 saturated carbocycles. The summed E-state index contributed by atoms with van der Waals surface area (Å²) in [7, 11) is 0. The number of fused-ring (bicyclic) bond motifs is 6. The molecule has 0 aliphatic heterocycles. The van der Waals surface area contributed by atoms with Gasteiger partial charge < -0.3 is 8.98 Å². The van der Waals surface area contributed by atoms with Crippen molar-refractivity contribution in [3.05, 3.63) is 170 Å². The Morgan fingerprint density at radius 1 is 0.460 bits per heavy atom. The third-order valence-electron chi connectivity index (χ3n) is 8.88. The highest BCUT2D eigenvalue weighted by atomic mass is 16.3. The molecule has 7 aromatic carbocycles. The molecule has 0 aliphatic rings. The standard InChI is InChI=1S/C45H28N4O/c1-3-12-29(13-4-1)32-24-27-35-34-16-7-9-19-38(34)49(39(35)28-32)33-25-22-31(23-26-33)44-46-43(30-14-5-2-6-15-30)47-45(48-44)37-18-11-21-41-42(37)36-17-8-10-20-40(36)50-41/h1-28H/i1D,3D,4D,7D,9D,12D,13D,16D,19D. The second kappa shape index (κ2) is 11.4. The van der Waals surface area contributed by atoms with Crippen LogP contribution in [0, 0.1) is 0 Å². The summed E-state index contributed by atoms with van der Waals surface area (Å²) < 4.78 is 84.7. The van der Waals surface area contributed by atoms with Gasteiger partial charge in [0.2, 0.25) is 0 Å². The van der Waals surface area contributed by atoms with Crippen LogP contribution in [0.5, 0.6) is 0 Å². The average Bonchev–Trinajstić information content (AvgIpc) is 3.83. The second-order valence-electron chi connectivity index (χ2n) is 11.8. The minimum Gasteiger partial charge on any atom is -0.456 e. The Morgan fingerprint density at radius 3 is 1.98 bits per heavy atom. The lowest BCUT2D eigenvalue weighted by Gasteiger charge is -2.11. The van der Waals surface area contributed by atoms with E-state index in [0.717, 1.165) is 27.5 Å². The Morgan fingerprint density at radius 2 is 1.14 bits per heavy atom. The first-order valence-electron chi connectivity index (χ1n) is 20.5. The highest BCUT2D eigenvalue weighted by Gasteiger charge is 2.18. The van der Waals surface area contributed by atoms with Gasteiger partial charge in [0.05, 0.1) is 23.4 Å². The molecule has 0 bridgehead atoms. The zero-order valence-electron chi connectivity index (χ0n) is 35.2. The van der Waals surface area contributed by atoms with Gasteiger partial charge in [-0.05, 0) is 59.6 Å². The van der Waals surface area contributed by atoms with Gasteiger partial charge in [0.1, 0.15) is 11.2 Å². The summed E-state index contributed by atoms with van der Waals surface area (Å²) in [6.07, 6.45) is 0. The third-order valence-corrected chi connectivity index (χ3v) is 8.88. The highest BCUT2D eigenvalue weighted by molar-refractivity contribution is 6.12. The molecule has 0 amide bonds. The first-order valence-corrected chi connectivity index (χ1v) is 16.0. The molecule has 3 heterocycles. The lowest BCUT2D eigenvalue weighted by atomic mass is 10.0. The van der Waals surface area contributed by atoms with E-state index >= 15 is 0 Å². The maximum atomic E-state index is 9.02. The van der Waals surface area contributed by atoms with Crippen LogP contribution in [-0.4, -0.2) is 19.5 Å². The maximum absolute atomic E-state index is 9.02. The maximum Gasteiger partial charge on any atom is 0.164 e. The predicted molar refractivity (Wildman–Crippen MR) is 203 cm³/mol. The second-order valence-corrected chi connectivity index (χ2v) is 11.8. The van der Waals surface area contributed by atoms with Crippen LogP contribution in [0.4, 0.5) is 0 Å². The van der Waals surface area contributed by atoms with Crippen LogP contribution in [0.15, 0.2) is 174 Å². The van der Waals surface area contributed by atoms with E-state index in [4.69, 9.17) is 31.7 Å². The van der Waals surface area contributed by atoms with Gasteiger partial charge in [0, 0.05) is 43.9 Å². The van der Waals surface area contributed by atoms with E-state index in [1.165, 1.54) is 0 Å². The largest absolute Gasteiger partial charge is 0.456 e. The summed E-state index contributed by atoms with van der Waals surface area (Å²) in [4.78, 5) is 14.9. The summed E-state index contributed by atoms with van der Waals surface area (Å²) in [6, 6.07) is 32.0. The van der Waals surface area contributed by atoms with Crippen molar-refractivity contribution in [2.45, 2.75) is 0 Å². The van der Waals surface area contributed by atoms with Gasteiger partial charge >= 0.3 is 0 Å². The molecular formula is C45H28N4O. The molecule has 0 radical (unpaired) electrons. The minimum absolute atomic E-state index is 0.00331. The Bertz CT molecular complexity index is 3350. The first kappa shape index (κ1) is 20.5. The van der Waals surface area contributed by atoms with Gasteiger partial charge in [-0.25, -0.2) is 15.0 Å². The minimum atomic E-state index is -0.504. The molecule has 0 spiro atoms. The number of benzene rings is 7. The van der Waals surface area contributed by atoms with E-state index in [9.17, 15) is 0 Å². The molecule has 5 heteroatoms. The zero-order chi connectivity index (χ0) is 40.9. The molecule has 0 unspecified atom stereocenters. The number of nitrogens with zero attached hydrogens (tertiary/aromatic N) is 4. The predicted octanol–water partition coefficient (Wildman–Crippen LogP) is 11.5. The number of hydrogen-bond acceptors (Lipinski definition) is 4. The molecule has 0 aliphatic carbocycles. The lowest BCUT2D eigenvalue weighted by Crippen LogP contribution is -2.01. The molecule has 10 aromatic rings. The van der Waals surface area contributed by atoms with E-state index in [0.29, 0.717) is 56.2 Å². The highest BCUT2D eigenvalue weighted by Crippen LogP contribution is 2.38. The van der Waals surface area contributed by atoms with E-state index < -0.39 is 24.2 Å². The third kappa shape index (κ3) is 4.60. The smallest absolute Gasteiger partial charge is 0.164 e. The van der Waals surface area contributed by atoms with Crippen molar-refractivity contribution in [2.75, 3.05) is 0 Å². The summed E-state index contributed by atoms with van der Waals surface area (Å²) in [5.74, 6) is 1.32. The number of furan rings is 1. The molecule has 10 rings (SSSR count). The van der Waals surface area contributed by atoms with Crippen molar-refractivity contribution >= 4 is 43.7 Å². The van der Waals surface area contributed by atoms with E-state index in [1.54, 1.807) is 22.8 Å². The molecule has 3 aromatic heterocycles. The molecule has 0 N–H and O–H groups in total. The molecule has 0 fully saturated rings. The fraction of sp³-hybridized carbons (Fsp3) is 0.